The number of tetrazole rings is 3. The van der Waals surface area contributed by atoms with Crippen molar-refractivity contribution in [2.24, 2.45) is 28.7 Å². The molecule has 38 nitrogen and oxygen atoms in total. The summed E-state index contributed by atoms with van der Waals surface area (Å²) in [5.41, 5.74) is 33.8. The lowest BCUT2D eigenvalue weighted by atomic mass is 9.94. The number of ether oxygens (including phenoxy) is 2. The topological polar surface area (TPSA) is 476 Å². The third-order valence-electron chi connectivity index (χ3n) is 22.9. The molecule has 0 radical (unpaired) electrons. The molecule has 3 aromatic carbocycles. The Kier molecular flexibility index (Phi) is 34.1. The van der Waals surface area contributed by atoms with Gasteiger partial charge in [-0.3, -0.25) is 47.3 Å². The van der Waals surface area contributed by atoms with Crippen molar-refractivity contribution in [3.8, 4) is 76.4 Å². The van der Waals surface area contributed by atoms with Gasteiger partial charge in [-0.05, 0) is 189 Å². The van der Waals surface area contributed by atoms with Gasteiger partial charge in [0.25, 0.3) is 36.0 Å². The van der Waals surface area contributed by atoms with E-state index in [2.05, 4.69) is 57.7 Å². The molecule has 0 fully saturated rings. The van der Waals surface area contributed by atoms with Crippen LogP contribution in [0.4, 0.5) is 55.3 Å². The minimum absolute atomic E-state index is 0.00486. The number of fused-ring (bicyclic) bond motifs is 3. The molecular formula is C93H92F10N28O10S3. The molecule has 15 aromatic rings. The highest BCUT2D eigenvalue weighted by atomic mass is 32.1. The number of benzene rings is 3. The molecule has 144 heavy (non-hydrogen) atoms. The number of thiophene rings is 3. The number of nitrogens with two attached hydrogens (primary N) is 5. The highest BCUT2D eigenvalue weighted by Gasteiger charge is 2.26. The normalized spacial score (nSPS) is 12.2. The van der Waals surface area contributed by atoms with Gasteiger partial charge < -0.3 is 52.9 Å². The van der Waals surface area contributed by atoms with Gasteiger partial charge in [-0.2, -0.15) is 77.1 Å². The Labute approximate surface area is 821 Å². The van der Waals surface area contributed by atoms with E-state index in [0.29, 0.717) is 67.3 Å². The highest BCUT2D eigenvalue weighted by Crippen LogP contribution is 2.39. The zero-order valence-electron chi connectivity index (χ0n) is 77.2. The molecule has 2 amide bonds. The molecule has 0 unspecified atom stereocenters. The summed E-state index contributed by atoms with van der Waals surface area (Å²) in [5.74, 6) is 1.38. The summed E-state index contributed by atoms with van der Waals surface area (Å²) in [5, 5.41) is 29.4. The lowest BCUT2D eigenvalue weighted by Crippen LogP contribution is -2.30. The van der Waals surface area contributed by atoms with Gasteiger partial charge in [0.05, 0.1) is 82.3 Å². The van der Waals surface area contributed by atoms with Crippen LogP contribution < -0.4 is 82.4 Å². The monoisotopic (exact) mass is 2050 g/mol. The van der Waals surface area contributed by atoms with Gasteiger partial charge in [0, 0.05) is 212 Å². The van der Waals surface area contributed by atoms with Crippen molar-refractivity contribution in [3.63, 3.8) is 0 Å². The standard InChI is InChI=1S/C22H22F2N4O2S.C20H19F2N7O2.C19H20F2N4O2S.C17H14F2N6O3.C15H17F2N7OS/c1-26-18-5-2-15(10-14(18)3-7-20(26)29)19-6-4-17(31-19)13-28-9-8-27(22(28)30)12-16(11-25)21(23)24;1-11-4-13(5-12-2-3-17(30)25-18(11)12)14-6-16(9-24-8-14)29-20(31)28(26-27-29)10-15(7-23)19(21)22;1-2-23-10-13(3-6-17(23)26)16-5-4-15(28-16)12-25-8-7-24(19(25)27)11-14(9-22)18(20)21;18-16(19)12(5-20)8-24-17(26)25(23-22-24)13-3-11(6-21-7-13)10-1-2-14-15(4-10)28-9-27-14;1-2-22-7-11(6-19-22)13-4-3-12(26-13)9-24-15(25)23(20-21-24)8-10(5-18)14(16)17/h2,4-6,8-10H,3,7,11-13,25H2,1H3;4-6,8-9H,2-3,7,10,23H2,1H3,(H,25,30);3-8,10H,2,9,11-12,22H2,1H3;1-4,6-7H,5,8-9,20H2;3-4,6-7H,2,5,8-9,18H2,1H3. The third-order valence-corrected chi connectivity index (χ3v) is 26.3. The number of anilines is 2. The number of nitrogens with zero attached hydrogens (tertiary/aromatic N) is 22. The van der Waals surface area contributed by atoms with Crippen LogP contribution in [0.25, 0.3) is 65.0 Å². The second-order valence-electron chi connectivity index (χ2n) is 32.3. The van der Waals surface area contributed by atoms with E-state index in [0.717, 1.165) is 132 Å². The van der Waals surface area contributed by atoms with Crippen LogP contribution in [0.1, 0.15) is 58.0 Å². The van der Waals surface area contributed by atoms with Crippen LogP contribution in [0.15, 0.2) is 264 Å². The fourth-order valence-corrected chi connectivity index (χ4v) is 18.0. The quantitative estimate of drug-likeness (QED) is 0.0228. The van der Waals surface area contributed by atoms with Crippen molar-refractivity contribution in [2.45, 2.75) is 112 Å². The molecule has 51 heteroatoms. The first-order valence-corrected chi connectivity index (χ1v) is 46.6. The predicted octanol–water partition coefficient (Wildman–Crippen LogP) is 10.8. The van der Waals surface area contributed by atoms with Gasteiger partial charge >= 0.3 is 28.4 Å². The number of hydrogen-bond donors (Lipinski definition) is 6. The Morgan fingerprint density at radius 1 is 0.396 bits per heavy atom. The number of aromatic nitrogens is 21. The first kappa shape index (κ1) is 104. The molecule has 0 atom stereocenters. The minimum Gasteiger partial charge on any atom is -0.454 e. The molecule has 12 aromatic heterocycles. The molecule has 11 N–H and O–H groups in total. The van der Waals surface area contributed by atoms with Crippen LogP contribution in [0.5, 0.6) is 11.5 Å². The number of imidazole rings is 2. The van der Waals surface area contributed by atoms with Gasteiger partial charge in [-0.1, -0.05) is 12.1 Å². The van der Waals surface area contributed by atoms with Gasteiger partial charge in [-0.25, -0.2) is 24.0 Å². The number of halogens is 10. The lowest BCUT2D eigenvalue weighted by molar-refractivity contribution is -0.118. The maximum absolute atomic E-state index is 12.9. The number of rotatable bonds is 30. The molecule has 752 valence electrons. The molecule has 18 rings (SSSR count). The molecule has 0 saturated heterocycles. The SMILES string of the molecule is CCn1cc(-c2ccc(Cn3ccn(CC(CN)=C(F)F)c3=O)s2)ccc1=O.CCn1cc(-c2ccc(Cn3nnn(CC(CN)=C(F)F)c3=O)s2)cn1.CN1C(=O)CCc2cc(-c3ccc(Cn4ccn(CC(CN)=C(F)F)c4=O)s3)ccc21.Cc1cc(-c2cncc(-n3nnn(CC(CN)=C(F)F)c3=O)c2)cc2c1NC(=O)CC2.NCC(Cn1nnn(-c2cncc(-c3ccc4c(c3)OCO4)c2)c1=O)=C(F)F. The summed E-state index contributed by atoms with van der Waals surface area (Å²) in [6.07, 6.45) is 10.6. The Bertz CT molecular complexity index is 7790. The Balaban J connectivity index is 0.000000143. The number of carbonyl (C=O) groups excluding carboxylic acids is 2. The summed E-state index contributed by atoms with van der Waals surface area (Å²) in [7, 11) is 1.79. The predicted molar refractivity (Wildman–Crippen MR) is 518 cm³/mol. The van der Waals surface area contributed by atoms with Crippen molar-refractivity contribution in [2.75, 3.05) is 56.8 Å². The Morgan fingerprint density at radius 3 is 1.38 bits per heavy atom. The average molecular weight is 2050 g/mol. The number of pyridine rings is 3. The molecule has 0 spiro atoms. The summed E-state index contributed by atoms with van der Waals surface area (Å²) >= 11 is 4.60. The molecule has 0 saturated carbocycles. The van der Waals surface area contributed by atoms with Crippen LogP contribution in [-0.2, 0) is 87.9 Å². The number of nitrogens with one attached hydrogen (secondary N) is 1. The second kappa shape index (κ2) is 47.2. The van der Waals surface area contributed by atoms with E-state index in [1.165, 1.54) is 71.8 Å². The van der Waals surface area contributed by atoms with Crippen molar-refractivity contribution in [1.29, 1.82) is 0 Å². The number of amides is 2. The van der Waals surface area contributed by atoms with Crippen LogP contribution in [-0.4, -0.2) is 160 Å². The van der Waals surface area contributed by atoms with Crippen LogP contribution in [0.3, 0.4) is 0 Å². The van der Waals surface area contributed by atoms with E-state index in [1.54, 1.807) is 89.2 Å². The van der Waals surface area contributed by atoms with Crippen molar-refractivity contribution < 1.29 is 63.0 Å². The van der Waals surface area contributed by atoms with Crippen LogP contribution >= 0.6 is 34.0 Å². The smallest absolute Gasteiger partial charge is 0.368 e. The number of aryl methyl sites for hydroxylation is 5. The van der Waals surface area contributed by atoms with E-state index in [9.17, 15) is 82.3 Å². The molecule has 0 aliphatic carbocycles. The number of hydrogen-bond acceptors (Lipinski definition) is 27. The molecule has 0 bridgehead atoms. The Hall–Kier alpha value is -15.8. The second-order valence-corrected chi connectivity index (χ2v) is 35.8. The largest absolute Gasteiger partial charge is 0.454 e. The summed E-state index contributed by atoms with van der Waals surface area (Å²) in [4.78, 5) is 113. The molecule has 15 heterocycles. The van der Waals surface area contributed by atoms with E-state index >= 15 is 0 Å². The van der Waals surface area contributed by atoms with Gasteiger partial charge in [-0.15, -0.1) is 34.0 Å². The lowest BCUT2D eigenvalue weighted by Gasteiger charge is -2.26. The maximum Gasteiger partial charge on any atom is 0.368 e. The van der Waals surface area contributed by atoms with E-state index in [4.69, 9.17) is 38.1 Å². The zero-order chi connectivity index (χ0) is 103. The summed E-state index contributed by atoms with van der Waals surface area (Å²) in [6.45, 7) is 4.86. The summed E-state index contributed by atoms with van der Waals surface area (Å²) in [6, 6.07) is 33.8. The fraction of sp³-hybridized carbons (Fsp3) is 0.258. The van der Waals surface area contributed by atoms with E-state index < -0.39 is 72.7 Å². The first-order chi connectivity index (χ1) is 69.2. The highest BCUT2D eigenvalue weighted by molar-refractivity contribution is 7.16. The first-order valence-electron chi connectivity index (χ1n) is 44.1. The minimum atomic E-state index is -1.94. The number of carbonyl (C=O) groups is 2. The van der Waals surface area contributed by atoms with Crippen molar-refractivity contribution in [1.82, 2.24) is 102 Å². The van der Waals surface area contributed by atoms with Gasteiger partial charge in [0.1, 0.15) is 0 Å². The van der Waals surface area contributed by atoms with Crippen molar-refractivity contribution in [3.05, 3.63) is 330 Å². The Morgan fingerprint density at radius 2 is 0.854 bits per heavy atom. The average Bonchev–Trinajstić information content (AvgIpc) is 0.954. The van der Waals surface area contributed by atoms with Gasteiger partial charge in [0.2, 0.25) is 18.6 Å². The fourth-order valence-electron chi connectivity index (χ4n) is 15.0. The van der Waals surface area contributed by atoms with Crippen LogP contribution in [0.2, 0.25) is 0 Å². The summed E-state index contributed by atoms with van der Waals surface area (Å²) < 4.78 is 153. The van der Waals surface area contributed by atoms with Gasteiger partial charge in [0.15, 0.2) is 11.5 Å². The molecule has 3 aliphatic rings. The van der Waals surface area contributed by atoms with E-state index in [1.807, 2.05) is 105 Å². The third kappa shape index (κ3) is 24.8. The molecular weight excluding hydrogens is 1960 g/mol. The van der Waals surface area contributed by atoms with E-state index in [-0.39, 0.29) is 110 Å². The molecule has 3 aliphatic heterocycles. The zero-order valence-corrected chi connectivity index (χ0v) is 79.6. The maximum atomic E-state index is 12.9. The van der Waals surface area contributed by atoms with Crippen molar-refractivity contribution >= 4 is 57.2 Å². The van der Waals surface area contributed by atoms with Crippen LogP contribution in [0, 0.1) is 6.92 Å².